The van der Waals surface area contributed by atoms with Crippen LogP contribution in [0.25, 0.3) is 0 Å². The van der Waals surface area contributed by atoms with E-state index >= 15 is 0 Å². The van der Waals surface area contributed by atoms with Crippen LogP contribution >= 0.6 is 0 Å². The Morgan fingerprint density at radius 3 is 2.11 bits per heavy atom. The van der Waals surface area contributed by atoms with Gasteiger partial charge in [0.15, 0.2) is 0 Å². The number of ether oxygens (including phenoxy) is 2. The number of hydrogen-bond donors (Lipinski definition) is 1. The number of hydrogen-bond acceptors (Lipinski definition) is 2. The molecule has 0 aliphatic carbocycles. The molecule has 0 aliphatic heterocycles. The van der Waals surface area contributed by atoms with E-state index in [9.17, 15) is 0 Å². The molecule has 108 valence electrons. The van der Waals surface area contributed by atoms with E-state index in [0.29, 0.717) is 0 Å². The van der Waals surface area contributed by atoms with Crippen molar-refractivity contribution in [1.82, 2.24) is 0 Å². The molecule has 1 rings (SSSR count). The van der Waals surface area contributed by atoms with Crippen molar-refractivity contribution in [1.29, 1.82) is 0 Å². The molecule has 3 heteroatoms. The highest BCUT2D eigenvalue weighted by molar-refractivity contribution is 5.31. The van der Waals surface area contributed by atoms with E-state index in [0.717, 1.165) is 24.5 Å². The van der Waals surface area contributed by atoms with Gasteiger partial charge in [0.2, 0.25) is 0 Å². The summed E-state index contributed by atoms with van der Waals surface area (Å²) in [5.74, 6) is 1.80. The summed E-state index contributed by atoms with van der Waals surface area (Å²) in [5.41, 5.74) is 0. The summed E-state index contributed by atoms with van der Waals surface area (Å²) in [4.78, 5) is 1.69. The van der Waals surface area contributed by atoms with E-state index in [1.807, 2.05) is 24.3 Å². The van der Waals surface area contributed by atoms with Gasteiger partial charge in [0, 0.05) is 0 Å². The maximum absolute atomic E-state index is 5.70. The third kappa shape index (κ3) is 6.48. The number of rotatable bonds is 10. The highest BCUT2D eigenvalue weighted by Crippen LogP contribution is 2.17. The molecule has 1 aromatic rings. The van der Waals surface area contributed by atoms with Crippen molar-refractivity contribution in [2.45, 2.75) is 33.1 Å². The molecule has 3 nitrogen and oxygen atoms in total. The van der Waals surface area contributed by atoms with Crippen molar-refractivity contribution < 1.29 is 14.4 Å². The van der Waals surface area contributed by atoms with E-state index < -0.39 is 0 Å². The molecule has 1 aromatic carbocycles. The minimum Gasteiger partial charge on any atom is -0.497 e. The molecule has 0 aromatic heterocycles. The molecular weight excluding hydrogens is 238 g/mol. The number of methoxy groups -OCH3 is 1. The number of quaternary nitrogens is 1. The van der Waals surface area contributed by atoms with Crippen LogP contribution in [0.5, 0.6) is 11.5 Å². The average Bonchev–Trinajstić information content (AvgIpc) is 2.47. The summed E-state index contributed by atoms with van der Waals surface area (Å²) in [6, 6.07) is 7.77. The fraction of sp³-hybridized carbons (Fsp3) is 0.625. The molecule has 19 heavy (non-hydrogen) atoms. The predicted molar refractivity (Wildman–Crippen MR) is 79.3 cm³/mol. The lowest BCUT2D eigenvalue weighted by atomic mass is 10.2. The SMILES string of the molecule is CC[NH+](CC)CCCCCOc1ccc(OC)cc1. The summed E-state index contributed by atoms with van der Waals surface area (Å²) < 4.78 is 10.8. The van der Waals surface area contributed by atoms with Gasteiger partial charge < -0.3 is 14.4 Å². The second-order valence-corrected chi connectivity index (χ2v) is 4.79. The molecule has 0 radical (unpaired) electrons. The minimum absolute atomic E-state index is 0.805. The molecule has 1 N–H and O–H groups in total. The number of unbranched alkanes of at least 4 members (excludes halogenated alkanes) is 2. The van der Waals surface area contributed by atoms with Gasteiger partial charge in [-0.3, -0.25) is 0 Å². The normalized spacial score (nSPS) is 10.7. The van der Waals surface area contributed by atoms with Crippen molar-refractivity contribution in [3.63, 3.8) is 0 Å². The average molecular weight is 266 g/mol. The monoisotopic (exact) mass is 266 g/mol. The van der Waals surface area contributed by atoms with Gasteiger partial charge in [0.05, 0.1) is 33.4 Å². The molecule has 0 unspecified atom stereocenters. The first kappa shape index (κ1) is 15.8. The van der Waals surface area contributed by atoms with Crippen LogP contribution in [-0.4, -0.2) is 33.4 Å². The zero-order valence-electron chi connectivity index (χ0n) is 12.6. The Bertz CT molecular complexity index is 320. The maximum atomic E-state index is 5.70. The Hall–Kier alpha value is -1.22. The van der Waals surface area contributed by atoms with E-state index in [-0.39, 0.29) is 0 Å². The fourth-order valence-electron chi connectivity index (χ4n) is 2.12. The molecule has 0 spiro atoms. The van der Waals surface area contributed by atoms with Gasteiger partial charge in [-0.2, -0.15) is 0 Å². The van der Waals surface area contributed by atoms with Crippen molar-refractivity contribution in [2.24, 2.45) is 0 Å². The van der Waals surface area contributed by atoms with Crippen LogP contribution in [0.1, 0.15) is 33.1 Å². The highest BCUT2D eigenvalue weighted by Gasteiger charge is 2.01. The molecule has 0 fully saturated rings. The lowest BCUT2D eigenvalue weighted by molar-refractivity contribution is -0.896. The van der Waals surface area contributed by atoms with Crippen LogP contribution in [-0.2, 0) is 0 Å². The molecule has 0 amide bonds. The van der Waals surface area contributed by atoms with Crippen LogP contribution in [0.4, 0.5) is 0 Å². The Morgan fingerprint density at radius 1 is 0.895 bits per heavy atom. The van der Waals surface area contributed by atoms with Gasteiger partial charge in [-0.1, -0.05) is 0 Å². The summed E-state index contributed by atoms with van der Waals surface area (Å²) in [5, 5.41) is 0. The third-order valence-corrected chi connectivity index (χ3v) is 3.50. The Labute approximate surface area is 117 Å². The first-order valence-electron chi connectivity index (χ1n) is 7.40. The molecular formula is C16H28NO2+. The highest BCUT2D eigenvalue weighted by atomic mass is 16.5. The zero-order chi connectivity index (χ0) is 13.9. The van der Waals surface area contributed by atoms with E-state index in [1.165, 1.54) is 32.5 Å². The van der Waals surface area contributed by atoms with Gasteiger partial charge in [-0.25, -0.2) is 0 Å². The molecule has 0 heterocycles. The summed E-state index contributed by atoms with van der Waals surface area (Å²) >= 11 is 0. The molecule has 0 bridgehead atoms. The van der Waals surface area contributed by atoms with Gasteiger partial charge in [-0.05, 0) is 57.4 Å². The van der Waals surface area contributed by atoms with Crippen molar-refractivity contribution >= 4 is 0 Å². The lowest BCUT2D eigenvalue weighted by Crippen LogP contribution is -3.11. The van der Waals surface area contributed by atoms with Crippen molar-refractivity contribution in [2.75, 3.05) is 33.4 Å². The fourth-order valence-corrected chi connectivity index (χ4v) is 2.12. The van der Waals surface area contributed by atoms with Crippen LogP contribution < -0.4 is 14.4 Å². The van der Waals surface area contributed by atoms with E-state index in [2.05, 4.69) is 13.8 Å². The van der Waals surface area contributed by atoms with Gasteiger partial charge in [0.1, 0.15) is 11.5 Å². The topological polar surface area (TPSA) is 22.9 Å². The molecule has 0 saturated carbocycles. The molecule has 0 saturated heterocycles. The van der Waals surface area contributed by atoms with Gasteiger partial charge in [0.25, 0.3) is 0 Å². The van der Waals surface area contributed by atoms with Crippen LogP contribution in [0, 0.1) is 0 Å². The van der Waals surface area contributed by atoms with Gasteiger partial charge in [-0.15, -0.1) is 0 Å². The van der Waals surface area contributed by atoms with Crippen molar-refractivity contribution in [3.05, 3.63) is 24.3 Å². The smallest absolute Gasteiger partial charge is 0.119 e. The molecule has 0 aliphatic rings. The Kier molecular flexibility index (Phi) is 8.07. The first-order valence-corrected chi connectivity index (χ1v) is 7.40. The Balaban J connectivity index is 2.07. The summed E-state index contributed by atoms with van der Waals surface area (Å²) in [7, 11) is 1.67. The van der Waals surface area contributed by atoms with Gasteiger partial charge >= 0.3 is 0 Å². The number of benzene rings is 1. The van der Waals surface area contributed by atoms with Crippen molar-refractivity contribution in [3.8, 4) is 11.5 Å². The zero-order valence-corrected chi connectivity index (χ0v) is 12.6. The standard InChI is InChI=1S/C16H27NO2/c1-4-17(5-2)13-7-6-8-14-19-16-11-9-15(18-3)10-12-16/h9-12H,4-8,13-14H2,1-3H3/p+1. The summed E-state index contributed by atoms with van der Waals surface area (Å²) in [6.45, 7) is 9.07. The minimum atomic E-state index is 0.805. The first-order chi connectivity index (χ1) is 9.30. The van der Waals surface area contributed by atoms with Crippen LogP contribution in [0.15, 0.2) is 24.3 Å². The number of nitrogens with one attached hydrogen (secondary N) is 1. The summed E-state index contributed by atoms with van der Waals surface area (Å²) in [6.07, 6.45) is 3.68. The van der Waals surface area contributed by atoms with E-state index in [4.69, 9.17) is 9.47 Å². The second-order valence-electron chi connectivity index (χ2n) is 4.79. The predicted octanol–water partition coefficient (Wildman–Crippen LogP) is 2.17. The Morgan fingerprint density at radius 2 is 1.53 bits per heavy atom. The third-order valence-electron chi connectivity index (χ3n) is 3.50. The largest absolute Gasteiger partial charge is 0.497 e. The van der Waals surface area contributed by atoms with Crippen LogP contribution in [0.3, 0.4) is 0 Å². The van der Waals surface area contributed by atoms with Crippen LogP contribution in [0.2, 0.25) is 0 Å². The lowest BCUT2D eigenvalue weighted by Gasteiger charge is -2.14. The second kappa shape index (κ2) is 9.68. The quantitative estimate of drug-likeness (QED) is 0.656. The molecule has 0 atom stereocenters. The van der Waals surface area contributed by atoms with E-state index in [1.54, 1.807) is 12.0 Å². The maximum Gasteiger partial charge on any atom is 0.119 e.